The number of rotatable bonds is 7. The molecule has 14 rings (SSSR count). The number of anilines is 2. The Bertz CT molecular complexity index is 3580. The molecule has 3 amide bonds. The number of amidine groups is 1. The second-order valence-electron chi connectivity index (χ2n) is 18.8. The van der Waals surface area contributed by atoms with E-state index in [4.69, 9.17) is 14.7 Å². The maximum Gasteiger partial charge on any atom is 0.425 e. The first kappa shape index (κ1) is 48.0. The van der Waals surface area contributed by atoms with Crippen molar-refractivity contribution >= 4 is 95.0 Å². The Hall–Kier alpha value is -7.34. The van der Waals surface area contributed by atoms with Crippen LogP contribution in [0, 0.1) is 22.5 Å². The van der Waals surface area contributed by atoms with Crippen molar-refractivity contribution in [3.63, 3.8) is 0 Å². The molecule has 6 aliphatic rings. The number of halogens is 2. The largest absolute Gasteiger partial charge is 0.449 e. The van der Waals surface area contributed by atoms with E-state index in [2.05, 4.69) is 55.9 Å². The number of ether oxygens (including phenoxy) is 1. The van der Waals surface area contributed by atoms with Crippen LogP contribution in [0.2, 0.25) is 0 Å². The molecule has 2 aromatic heterocycles. The number of aliphatic imine (C=N–C) groups is 2. The molecule has 73 heavy (non-hydrogen) atoms. The fourth-order valence-electron chi connectivity index (χ4n) is 10.9. The molecule has 0 saturated heterocycles. The third kappa shape index (κ3) is 8.52. The van der Waals surface area contributed by atoms with Crippen molar-refractivity contribution in [2.45, 2.75) is 57.5 Å². The van der Waals surface area contributed by atoms with Crippen LogP contribution in [0.3, 0.4) is 0 Å². The topological polar surface area (TPSA) is 159 Å². The summed E-state index contributed by atoms with van der Waals surface area (Å²) in [5.74, 6) is -0.259. The third-order valence-corrected chi connectivity index (χ3v) is 16.8. The number of nitrogens with zero attached hydrogens (tertiary/aromatic N) is 4. The Kier molecular flexibility index (Phi) is 12.6. The number of nitrogens with one attached hydrogen (secondary N) is 4. The second-order valence-corrected chi connectivity index (χ2v) is 21.4. The van der Waals surface area contributed by atoms with Gasteiger partial charge in [0.05, 0.1) is 46.0 Å². The summed E-state index contributed by atoms with van der Waals surface area (Å²) in [6.45, 7) is 5.91. The molecular weight excluding hydrogens is 983 g/mol. The molecule has 4 bridgehead atoms. The molecule has 0 radical (unpaired) electrons. The highest BCUT2D eigenvalue weighted by molar-refractivity contribution is 8.13. The van der Waals surface area contributed by atoms with E-state index in [-0.39, 0.29) is 47.9 Å². The smallest absolute Gasteiger partial charge is 0.425 e. The molecule has 6 heterocycles. The number of hydrogen-bond acceptors (Lipinski definition) is 12. The molecule has 2 aliphatic carbocycles. The summed E-state index contributed by atoms with van der Waals surface area (Å²) in [5, 5.41) is 14.6. The van der Waals surface area contributed by atoms with Crippen LogP contribution in [0.1, 0.15) is 79.8 Å². The highest BCUT2D eigenvalue weighted by atomic mass is 32.2. The normalized spacial score (nSPS) is 22.0. The molecule has 6 unspecified atom stereocenters. The van der Waals surface area contributed by atoms with Crippen molar-refractivity contribution in [2.24, 2.45) is 20.8 Å². The number of carbonyl (C=O) groups excluding carboxylic acids is 3. The molecule has 4 N–H and O–H groups in total. The van der Waals surface area contributed by atoms with Crippen molar-refractivity contribution in [1.82, 2.24) is 20.8 Å². The SMILES string of the molecule is CCOC(=O)NNC1=NC2c3ccccc3C1CC2(C)C(=O)Nc1nc(-c2ccc(F)c3ccccc23)cs1.CSC1=NC2c3ccccc3C1CC2(C)C(=O)Nc1nc(-c2ccc(F)c3ccccc23)cs1. The van der Waals surface area contributed by atoms with E-state index < -0.39 is 23.0 Å². The van der Waals surface area contributed by atoms with E-state index in [1.807, 2.05) is 85.3 Å². The van der Waals surface area contributed by atoms with Crippen LogP contribution >= 0.6 is 34.4 Å². The lowest BCUT2D eigenvalue weighted by atomic mass is 9.62. The summed E-state index contributed by atoms with van der Waals surface area (Å²) in [4.78, 5) is 58.4. The van der Waals surface area contributed by atoms with Gasteiger partial charge in [-0.15, -0.1) is 34.4 Å². The van der Waals surface area contributed by atoms with Crippen LogP contribution in [-0.4, -0.2) is 51.6 Å². The van der Waals surface area contributed by atoms with E-state index >= 15 is 0 Å². The van der Waals surface area contributed by atoms with Gasteiger partial charge in [-0.25, -0.2) is 29.0 Å². The van der Waals surface area contributed by atoms with Crippen LogP contribution in [-0.2, 0) is 14.3 Å². The van der Waals surface area contributed by atoms with Gasteiger partial charge in [0.1, 0.15) is 17.5 Å². The zero-order valence-electron chi connectivity index (χ0n) is 40.0. The number of aromatic nitrogens is 2. The van der Waals surface area contributed by atoms with E-state index in [9.17, 15) is 23.2 Å². The summed E-state index contributed by atoms with van der Waals surface area (Å²) < 4.78 is 33.5. The first-order chi connectivity index (χ1) is 35.4. The Labute approximate surface area is 431 Å². The van der Waals surface area contributed by atoms with Gasteiger partial charge in [0.2, 0.25) is 11.8 Å². The Balaban J connectivity index is 0.000000159. The lowest BCUT2D eigenvalue weighted by Crippen LogP contribution is -2.53. The molecule has 368 valence electrons. The number of hydrogen-bond donors (Lipinski definition) is 4. The Morgan fingerprint density at radius 2 is 1.08 bits per heavy atom. The molecule has 6 aromatic carbocycles. The van der Waals surface area contributed by atoms with Gasteiger partial charge in [-0.2, -0.15) is 0 Å². The van der Waals surface area contributed by atoms with Crippen molar-refractivity contribution in [3.8, 4) is 22.5 Å². The minimum absolute atomic E-state index is 0.0641. The van der Waals surface area contributed by atoms with E-state index in [1.54, 1.807) is 49.0 Å². The zero-order chi connectivity index (χ0) is 50.6. The number of amides is 3. The average molecular weight is 1030 g/mol. The van der Waals surface area contributed by atoms with Gasteiger partial charge in [-0.05, 0) is 97.2 Å². The number of carbonyl (C=O) groups is 3. The first-order valence-corrected chi connectivity index (χ1v) is 26.8. The van der Waals surface area contributed by atoms with Crippen LogP contribution in [0.4, 0.5) is 23.8 Å². The Morgan fingerprint density at radius 1 is 0.630 bits per heavy atom. The number of hydrazine groups is 1. The third-order valence-electron chi connectivity index (χ3n) is 14.5. The van der Waals surface area contributed by atoms with Gasteiger partial charge < -0.3 is 15.4 Å². The van der Waals surface area contributed by atoms with Gasteiger partial charge in [-0.1, -0.05) is 97.1 Å². The predicted molar refractivity (Wildman–Crippen MR) is 288 cm³/mol. The predicted octanol–water partition coefficient (Wildman–Crippen LogP) is 13.0. The first-order valence-electron chi connectivity index (χ1n) is 23.8. The zero-order valence-corrected chi connectivity index (χ0v) is 42.5. The molecule has 8 aromatic rings. The van der Waals surface area contributed by atoms with Crippen LogP contribution < -0.4 is 21.5 Å². The number of benzene rings is 6. The molecule has 0 fully saturated rings. The monoisotopic (exact) mass is 1030 g/mol. The number of thiazole rings is 2. The summed E-state index contributed by atoms with van der Waals surface area (Å²) >= 11 is 4.38. The number of fused-ring (bicyclic) bond motifs is 4. The van der Waals surface area contributed by atoms with Gasteiger partial charge in [0.25, 0.3) is 0 Å². The van der Waals surface area contributed by atoms with Crippen molar-refractivity contribution in [2.75, 3.05) is 23.5 Å². The average Bonchev–Trinajstić information content (AvgIpc) is 4.09. The lowest BCUT2D eigenvalue weighted by Gasteiger charge is -2.47. The summed E-state index contributed by atoms with van der Waals surface area (Å²) in [6, 6.07) is 36.6. The molecule has 17 heteroatoms. The fourth-order valence-corrected chi connectivity index (χ4v) is 13.0. The van der Waals surface area contributed by atoms with Gasteiger partial charge >= 0.3 is 6.09 Å². The van der Waals surface area contributed by atoms with Crippen molar-refractivity contribution in [3.05, 3.63) is 166 Å². The second kappa shape index (κ2) is 19.3. The fraction of sp³-hybridized carbons (Fsp3) is 0.232. The summed E-state index contributed by atoms with van der Waals surface area (Å²) in [7, 11) is 0. The molecule has 6 atom stereocenters. The van der Waals surface area contributed by atoms with E-state index in [1.165, 1.54) is 40.4 Å². The lowest BCUT2D eigenvalue weighted by molar-refractivity contribution is -0.127. The molecule has 12 nitrogen and oxygen atoms in total. The van der Waals surface area contributed by atoms with Crippen molar-refractivity contribution < 1.29 is 27.9 Å². The highest BCUT2D eigenvalue weighted by Gasteiger charge is 2.54. The quantitative estimate of drug-likeness (QED) is 0.115. The number of thioether (sulfide) groups is 1. The van der Waals surface area contributed by atoms with Crippen LogP contribution in [0.15, 0.2) is 142 Å². The maximum absolute atomic E-state index is 14.3. The van der Waals surface area contributed by atoms with Gasteiger partial charge in [0.15, 0.2) is 10.3 Å². The Morgan fingerprint density at radius 3 is 1.59 bits per heavy atom. The minimum Gasteiger partial charge on any atom is -0.449 e. The van der Waals surface area contributed by atoms with Crippen LogP contribution in [0.5, 0.6) is 0 Å². The highest BCUT2D eigenvalue weighted by Crippen LogP contribution is 2.58. The maximum atomic E-state index is 14.3. The molecule has 4 aliphatic heterocycles. The van der Waals surface area contributed by atoms with E-state index in [0.29, 0.717) is 39.0 Å². The van der Waals surface area contributed by atoms with Crippen molar-refractivity contribution in [1.29, 1.82) is 0 Å². The summed E-state index contributed by atoms with van der Waals surface area (Å²) in [5.41, 5.74) is 11.5. The molecule has 0 spiro atoms. The van der Waals surface area contributed by atoms with Crippen LogP contribution in [0.25, 0.3) is 44.1 Å². The minimum atomic E-state index is -0.845. The van der Waals surface area contributed by atoms with Gasteiger partial charge in [0, 0.05) is 44.5 Å². The van der Waals surface area contributed by atoms with Gasteiger partial charge in [-0.3, -0.25) is 25.0 Å². The molecular formula is C56H48F2N8O4S3. The van der Waals surface area contributed by atoms with E-state index in [0.717, 1.165) is 55.7 Å². The molecule has 0 saturated carbocycles. The standard InChI is InChI=1S/C29H26FN5O3S.C27H22FN3OS2/c1-3-38-28(37)35-34-25-21-14-29(2,24(32-25)20-11-7-5-9-17(20)21)26(36)33-27-31-23(15-39-27)19-12-13-22(30)18-10-6-4-8-16(18)19;1-27(13-20-16-8-4-6-10-19(16)23(27)30-24(20)33-2)25(32)31-26-29-22(14-34-26)18-11-12-21(28)17-9-5-3-7-15(17)18/h4-13,15,21,24H,3,14H2,1-2H3,(H,32,34)(H,35,37)(H,31,33,36);3-12,14,20,23H,13H2,1-2H3,(H,29,31,32). The summed E-state index contributed by atoms with van der Waals surface area (Å²) in [6.07, 6.45) is 2.68.